The zero-order chi connectivity index (χ0) is 12.8. The summed E-state index contributed by atoms with van der Waals surface area (Å²) in [4.78, 5) is 15.5. The van der Waals surface area contributed by atoms with E-state index in [0.717, 1.165) is 11.5 Å². The van der Waals surface area contributed by atoms with Crippen molar-refractivity contribution in [1.29, 1.82) is 0 Å². The molecule has 18 heavy (non-hydrogen) atoms. The van der Waals surface area contributed by atoms with Gasteiger partial charge in [-0.05, 0) is 12.1 Å². The fraction of sp³-hybridized carbons (Fsp3) is 0.273. The van der Waals surface area contributed by atoms with Crippen LogP contribution in [0, 0.1) is 0 Å². The van der Waals surface area contributed by atoms with Gasteiger partial charge in [0.25, 0.3) is 0 Å². The van der Waals surface area contributed by atoms with Gasteiger partial charge in [0.2, 0.25) is 5.91 Å². The van der Waals surface area contributed by atoms with E-state index in [0.29, 0.717) is 13.0 Å². The summed E-state index contributed by atoms with van der Waals surface area (Å²) in [5, 5.41) is 13.2. The maximum absolute atomic E-state index is 11.5. The Labute approximate surface area is 104 Å². The number of amides is 1. The van der Waals surface area contributed by atoms with E-state index >= 15 is 0 Å². The summed E-state index contributed by atoms with van der Waals surface area (Å²) >= 11 is 0. The lowest BCUT2D eigenvalue weighted by Gasteiger charge is -1.99. The molecule has 0 aliphatic rings. The third kappa shape index (κ3) is 3.27. The lowest BCUT2D eigenvalue weighted by molar-refractivity contribution is -0.116. The summed E-state index contributed by atoms with van der Waals surface area (Å²) in [6.07, 6.45) is 6.96. The fourth-order valence-electron chi connectivity index (χ4n) is 1.42. The molecule has 2 rings (SSSR count). The number of nitrogens with one attached hydrogen (secondary N) is 2. The van der Waals surface area contributed by atoms with Crippen molar-refractivity contribution in [2.75, 3.05) is 6.54 Å². The van der Waals surface area contributed by atoms with Crippen LogP contribution in [0.15, 0.2) is 24.7 Å². The minimum Gasteiger partial charge on any atom is -0.352 e. The molecule has 2 heterocycles. The van der Waals surface area contributed by atoms with E-state index in [1.165, 1.54) is 12.4 Å². The van der Waals surface area contributed by atoms with Gasteiger partial charge in [-0.25, -0.2) is 4.98 Å². The maximum atomic E-state index is 11.5. The molecule has 94 valence electrons. The van der Waals surface area contributed by atoms with Gasteiger partial charge in [0.05, 0.1) is 5.69 Å². The first-order chi connectivity index (χ1) is 8.75. The number of H-pyrrole nitrogens is 1. The lowest BCUT2D eigenvalue weighted by atomic mass is 10.3. The maximum Gasteiger partial charge on any atom is 0.244 e. The van der Waals surface area contributed by atoms with Crippen molar-refractivity contribution in [3.05, 3.63) is 36.2 Å². The monoisotopic (exact) mass is 246 g/mol. The van der Waals surface area contributed by atoms with Crippen molar-refractivity contribution in [2.45, 2.75) is 6.42 Å². The van der Waals surface area contributed by atoms with Crippen LogP contribution in [0.1, 0.15) is 11.5 Å². The highest BCUT2D eigenvalue weighted by Crippen LogP contribution is 1.98. The van der Waals surface area contributed by atoms with Gasteiger partial charge in [0, 0.05) is 32.3 Å². The van der Waals surface area contributed by atoms with Crippen LogP contribution in [-0.4, -0.2) is 37.4 Å². The van der Waals surface area contributed by atoms with Gasteiger partial charge in [0.15, 0.2) is 0 Å². The molecule has 2 aromatic heterocycles. The lowest BCUT2D eigenvalue weighted by Crippen LogP contribution is -2.23. The number of aromatic nitrogens is 5. The molecule has 0 radical (unpaired) electrons. The highest BCUT2D eigenvalue weighted by atomic mass is 16.1. The molecule has 0 bridgehead atoms. The summed E-state index contributed by atoms with van der Waals surface area (Å²) in [6.45, 7) is 0.518. The molecule has 0 aliphatic heterocycles. The van der Waals surface area contributed by atoms with Crippen LogP contribution in [0.5, 0.6) is 0 Å². The Morgan fingerprint density at radius 1 is 1.61 bits per heavy atom. The normalized spacial score (nSPS) is 10.9. The number of rotatable bonds is 5. The van der Waals surface area contributed by atoms with Gasteiger partial charge < -0.3 is 5.32 Å². The summed E-state index contributed by atoms with van der Waals surface area (Å²) < 4.78 is 1.69. The van der Waals surface area contributed by atoms with Gasteiger partial charge >= 0.3 is 0 Å². The Kier molecular flexibility index (Phi) is 3.85. The predicted octanol–water partition coefficient (Wildman–Crippen LogP) is -0.0897. The van der Waals surface area contributed by atoms with Crippen LogP contribution >= 0.6 is 0 Å². The summed E-state index contributed by atoms with van der Waals surface area (Å²) in [5.74, 6) is 0.613. The Morgan fingerprint density at radius 3 is 3.17 bits per heavy atom. The van der Waals surface area contributed by atoms with Gasteiger partial charge in [-0.1, -0.05) is 0 Å². The van der Waals surface area contributed by atoms with Crippen LogP contribution in [0.25, 0.3) is 6.08 Å². The molecule has 0 aromatic carbocycles. The van der Waals surface area contributed by atoms with Crippen molar-refractivity contribution < 1.29 is 4.79 Å². The van der Waals surface area contributed by atoms with Crippen molar-refractivity contribution in [1.82, 2.24) is 30.3 Å². The van der Waals surface area contributed by atoms with Crippen molar-refractivity contribution in [3.8, 4) is 0 Å². The molecule has 7 nitrogen and oxygen atoms in total. The quantitative estimate of drug-likeness (QED) is 0.722. The molecule has 1 amide bonds. The standard InChI is InChI=1S/C11H14N6O/c1-17-9(4-7-15-17)2-3-11(18)12-6-5-10-13-8-14-16-10/h2-4,7-8H,5-6H2,1H3,(H,12,18)(H,13,14,16). The van der Waals surface area contributed by atoms with Gasteiger partial charge in [-0.3, -0.25) is 14.6 Å². The van der Waals surface area contributed by atoms with E-state index < -0.39 is 0 Å². The molecule has 0 fully saturated rings. The van der Waals surface area contributed by atoms with Crippen LogP contribution in [0.2, 0.25) is 0 Å². The average Bonchev–Trinajstić information content (AvgIpc) is 2.98. The van der Waals surface area contributed by atoms with E-state index in [9.17, 15) is 4.79 Å². The molecule has 2 N–H and O–H groups in total. The van der Waals surface area contributed by atoms with Crippen LogP contribution in [0.4, 0.5) is 0 Å². The first kappa shape index (κ1) is 12.0. The fourth-order valence-corrected chi connectivity index (χ4v) is 1.42. The number of carbonyl (C=O) groups is 1. The third-order valence-corrected chi connectivity index (χ3v) is 2.39. The SMILES string of the molecule is Cn1nccc1C=CC(=O)NCCc1ncn[nH]1. The molecule has 0 spiro atoms. The Morgan fingerprint density at radius 2 is 2.50 bits per heavy atom. The highest BCUT2D eigenvalue weighted by molar-refractivity contribution is 5.91. The number of carbonyl (C=O) groups excluding carboxylic acids is 1. The molecule has 7 heteroatoms. The molecular weight excluding hydrogens is 232 g/mol. The number of aromatic amines is 1. The minimum atomic E-state index is -0.143. The topological polar surface area (TPSA) is 88.5 Å². The number of aryl methyl sites for hydroxylation is 1. The second-order valence-electron chi connectivity index (χ2n) is 3.69. The van der Waals surface area contributed by atoms with Crippen molar-refractivity contribution in [3.63, 3.8) is 0 Å². The van der Waals surface area contributed by atoms with E-state index in [2.05, 4.69) is 25.6 Å². The largest absolute Gasteiger partial charge is 0.352 e. The second-order valence-corrected chi connectivity index (χ2v) is 3.69. The summed E-state index contributed by atoms with van der Waals surface area (Å²) in [7, 11) is 1.82. The van der Waals surface area contributed by atoms with Crippen LogP contribution in [-0.2, 0) is 18.3 Å². The molecule has 0 aliphatic carbocycles. The van der Waals surface area contributed by atoms with E-state index in [1.54, 1.807) is 17.0 Å². The summed E-state index contributed by atoms with van der Waals surface area (Å²) in [6, 6.07) is 1.83. The Hall–Kier alpha value is -2.44. The molecule has 0 saturated carbocycles. The first-order valence-electron chi connectivity index (χ1n) is 5.54. The smallest absolute Gasteiger partial charge is 0.244 e. The second kappa shape index (κ2) is 5.76. The zero-order valence-corrected chi connectivity index (χ0v) is 10.00. The summed E-state index contributed by atoms with van der Waals surface area (Å²) in [5.41, 5.74) is 0.875. The number of nitrogens with zero attached hydrogens (tertiary/aromatic N) is 4. The van der Waals surface area contributed by atoms with Crippen molar-refractivity contribution in [2.24, 2.45) is 7.05 Å². The van der Waals surface area contributed by atoms with E-state index in [-0.39, 0.29) is 5.91 Å². The minimum absolute atomic E-state index is 0.143. The Bertz CT molecular complexity index is 527. The third-order valence-electron chi connectivity index (χ3n) is 2.39. The molecule has 0 saturated heterocycles. The zero-order valence-electron chi connectivity index (χ0n) is 10.00. The Balaban J connectivity index is 1.75. The van der Waals surface area contributed by atoms with Crippen LogP contribution < -0.4 is 5.32 Å². The predicted molar refractivity (Wildman–Crippen MR) is 65.3 cm³/mol. The van der Waals surface area contributed by atoms with Gasteiger partial charge in [0.1, 0.15) is 12.2 Å². The molecular formula is C11H14N6O. The van der Waals surface area contributed by atoms with E-state index in [1.807, 2.05) is 13.1 Å². The molecule has 0 atom stereocenters. The van der Waals surface area contributed by atoms with Gasteiger partial charge in [-0.2, -0.15) is 10.2 Å². The molecule has 2 aromatic rings. The van der Waals surface area contributed by atoms with Gasteiger partial charge in [-0.15, -0.1) is 0 Å². The van der Waals surface area contributed by atoms with Crippen molar-refractivity contribution >= 4 is 12.0 Å². The first-order valence-corrected chi connectivity index (χ1v) is 5.54. The van der Waals surface area contributed by atoms with Crippen LogP contribution in [0.3, 0.4) is 0 Å². The average molecular weight is 246 g/mol. The number of hydrogen-bond donors (Lipinski definition) is 2. The number of hydrogen-bond acceptors (Lipinski definition) is 4. The molecule has 0 unspecified atom stereocenters. The van der Waals surface area contributed by atoms with E-state index in [4.69, 9.17) is 0 Å². The highest BCUT2D eigenvalue weighted by Gasteiger charge is 1.99.